The van der Waals surface area contributed by atoms with Crippen molar-refractivity contribution in [3.63, 3.8) is 0 Å². The predicted molar refractivity (Wildman–Crippen MR) is 134 cm³/mol. The maximum atomic E-state index is 12.2. The third kappa shape index (κ3) is 6.45. The van der Waals surface area contributed by atoms with Crippen molar-refractivity contribution in [1.82, 2.24) is 9.80 Å². The highest BCUT2D eigenvalue weighted by Crippen LogP contribution is 2.42. The first kappa shape index (κ1) is 26.3. The van der Waals surface area contributed by atoms with Gasteiger partial charge in [0.25, 0.3) is 5.91 Å². The zero-order valence-electron chi connectivity index (χ0n) is 21.3. The van der Waals surface area contributed by atoms with Gasteiger partial charge in [0.2, 0.25) is 6.29 Å². The summed E-state index contributed by atoms with van der Waals surface area (Å²) in [6.07, 6.45) is 2.82. The van der Waals surface area contributed by atoms with Crippen LogP contribution in [0.2, 0.25) is 0 Å². The maximum Gasteiger partial charge on any atom is 0.286 e. The van der Waals surface area contributed by atoms with E-state index in [1.54, 1.807) is 33.3 Å². The van der Waals surface area contributed by atoms with Gasteiger partial charge in [0, 0.05) is 25.6 Å². The van der Waals surface area contributed by atoms with Crippen molar-refractivity contribution in [2.45, 2.75) is 25.2 Å². The van der Waals surface area contributed by atoms with E-state index < -0.39 is 5.91 Å². The number of carbonyl (C=O) groups excluding carboxylic acids is 2. The first-order chi connectivity index (χ1) is 16.9. The van der Waals surface area contributed by atoms with Gasteiger partial charge < -0.3 is 28.7 Å². The number of carbonyl (C=O) groups is 2. The highest BCUT2D eigenvalue weighted by molar-refractivity contribution is 6.23. The van der Waals surface area contributed by atoms with Gasteiger partial charge in [0.15, 0.2) is 23.0 Å². The average Bonchev–Trinajstić information content (AvgIpc) is 2.88. The molecular weight excluding hydrogens is 448 g/mol. The molecule has 0 heterocycles. The Morgan fingerprint density at radius 3 is 2.23 bits per heavy atom. The van der Waals surface area contributed by atoms with E-state index in [2.05, 4.69) is 24.1 Å². The molecule has 8 heteroatoms. The molecular formula is C27H36N2O6. The molecule has 1 unspecified atom stereocenters. The molecule has 0 radical (unpaired) electrons. The fourth-order valence-electron chi connectivity index (χ4n) is 4.61. The zero-order chi connectivity index (χ0) is 25.4. The van der Waals surface area contributed by atoms with Crippen LogP contribution in [0, 0.1) is 0 Å². The molecule has 1 aliphatic carbocycles. The van der Waals surface area contributed by atoms with Gasteiger partial charge in [0.05, 0.1) is 28.4 Å². The van der Waals surface area contributed by atoms with E-state index in [-0.39, 0.29) is 0 Å². The Bertz CT molecular complexity index is 1020. The van der Waals surface area contributed by atoms with E-state index in [4.69, 9.17) is 18.9 Å². The van der Waals surface area contributed by atoms with Gasteiger partial charge in [-0.3, -0.25) is 9.59 Å². The Labute approximate surface area is 207 Å². The van der Waals surface area contributed by atoms with Crippen LogP contribution in [-0.4, -0.2) is 83.7 Å². The quantitative estimate of drug-likeness (QED) is 0.301. The molecule has 0 N–H and O–H groups in total. The van der Waals surface area contributed by atoms with Gasteiger partial charge in [-0.15, -0.1) is 0 Å². The number of hydrogen-bond donors (Lipinski definition) is 0. The van der Waals surface area contributed by atoms with Crippen LogP contribution in [0.4, 0.5) is 0 Å². The second kappa shape index (κ2) is 12.4. The van der Waals surface area contributed by atoms with Crippen molar-refractivity contribution >= 4 is 12.2 Å². The summed E-state index contributed by atoms with van der Waals surface area (Å²) < 4.78 is 21.5. The second-order valence-electron chi connectivity index (χ2n) is 8.81. The first-order valence-electron chi connectivity index (χ1n) is 11.8. The van der Waals surface area contributed by atoms with Gasteiger partial charge in [-0.25, -0.2) is 0 Å². The van der Waals surface area contributed by atoms with E-state index in [0.29, 0.717) is 43.2 Å². The van der Waals surface area contributed by atoms with Crippen LogP contribution in [0.25, 0.3) is 0 Å². The van der Waals surface area contributed by atoms with E-state index in [9.17, 15) is 9.59 Å². The number of rotatable bonds is 14. The molecule has 0 bridgehead atoms. The molecule has 3 rings (SSSR count). The molecule has 1 amide bonds. The Kier molecular flexibility index (Phi) is 9.37. The molecule has 190 valence electrons. The molecule has 1 aliphatic rings. The van der Waals surface area contributed by atoms with E-state index in [1.165, 1.54) is 11.1 Å². The van der Waals surface area contributed by atoms with Crippen molar-refractivity contribution in [2.24, 2.45) is 0 Å². The van der Waals surface area contributed by atoms with Crippen LogP contribution in [-0.2, 0) is 22.4 Å². The van der Waals surface area contributed by atoms with Crippen LogP contribution in [0.3, 0.4) is 0 Å². The summed E-state index contributed by atoms with van der Waals surface area (Å²) in [4.78, 5) is 27.3. The lowest BCUT2D eigenvalue weighted by molar-refractivity contribution is -0.138. The Morgan fingerprint density at radius 1 is 0.914 bits per heavy atom. The van der Waals surface area contributed by atoms with E-state index in [1.807, 2.05) is 18.2 Å². The topological polar surface area (TPSA) is 77.5 Å². The molecule has 8 nitrogen and oxygen atoms in total. The number of nitrogens with zero attached hydrogens (tertiary/aromatic N) is 2. The number of aldehydes is 1. The number of benzene rings is 2. The SMILES string of the molecule is COc1ccc(CCN(CCCN(C)CC2Cc3cc(OC)c(OC)cc32)C(=O)C=O)cc1OC. The summed E-state index contributed by atoms with van der Waals surface area (Å²) in [5.41, 5.74) is 3.63. The molecule has 0 fully saturated rings. The Hall–Kier alpha value is -3.26. The lowest BCUT2D eigenvalue weighted by Crippen LogP contribution is -2.37. The van der Waals surface area contributed by atoms with Crippen LogP contribution >= 0.6 is 0 Å². The van der Waals surface area contributed by atoms with Gasteiger partial charge in [-0.1, -0.05) is 6.07 Å². The summed E-state index contributed by atoms with van der Waals surface area (Å²) >= 11 is 0. The van der Waals surface area contributed by atoms with Crippen molar-refractivity contribution in [1.29, 1.82) is 0 Å². The molecule has 2 aromatic rings. The van der Waals surface area contributed by atoms with E-state index in [0.717, 1.165) is 43.0 Å². The van der Waals surface area contributed by atoms with Crippen molar-refractivity contribution in [3.8, 4) is 23.0 Å². The highest BCUT2D eigenvalue weighted by atomic mass is 16.5. The molecule has 35 heavy (non-hydrogen) atoms. The normalized spacial score (nSPS) is 14.1. The molecule has 0 aliphatic heterocycles. The number of fused-ring (bicyclic) bond motifs is 1. The van der Waals surface area contributed by atoms with Crippen LogP contribution in [0.15, 0.2) is 30.3 Å². The smallest absolute Gasteiger partial charge is 0.286 e. The maximum absolute atomic E-state index is 12.2. The first-order valence-corrected chi connectivity index (χ1v) is 11.8. The van der Waals surface area contributed by atoms with E-state index >= 15 is 0 Å². The largest absolute Gasteiger partial charge is 0.493 e. The van der Waals surface area contributed by atoms with Gasteiger partial charge in [0.1, 0.15) is 0 Å². The molecule has 2 aromatic carbocycles. The second-order valence-corrected chi connectivity index (χ2v) is 8.81. The number of likely N-dealkylation sites (N-methyl/N-ethyl adjacent to an activating group) is 1. The monoisotopic (exact) mass is 484 g/mol. The number of amides is 1. The molecule has 0 saturated carbocycles. The summed E-state index contributed by atoms with van der Waals surface area (Å²) in [6.45, 7) is 2.75. The van der Waals surface area contributed by atoms with Crippen LogP contribution in [0.1, 0.15) is 29.0 Å². The molecule has 1 atom stereocenters. The van der Waals surface area contributed by atoms with Crippen molar-refractivity contribution < 1.29 is 28.5 Å². The fraction of sp³-hybridized carbons (Fsp3) is 0.481. The standard InChI is InChI=1S/C27H36N2O6/c1-28(17-21-14-20-15-25(34-4)26(35-5)16-22(20)21)10-6-11-29(27(31)18-30)12-9-19-7-8-23(32-2)24(13-19)33-3/h7-8,13,15-16,18,21H,6,9-12,14,17H2,1-5H3. The van der Waals surface area contributed by atoms with Crippen LogP contribution < -0.4 is 18.9 Å². The number of ether oxygens (including phenoxy) is 4. The summed E-state index contributed by atoms with van der Waals surface area (Å²) in [6, 6.07) is 9.83. The lowest BCUT2D eigenvalue weighted by Gasteiger charge is -2.34. The zero-order valence-corrected chi connectivity index (χ0v) is 21.3. The highest BCUT2D eigenvalue weighted by Gasteiger charge is 2.29. The summed E-state index contributed by atoms with van der Waals surface area (Å²) in [5.74, 6) is 2.80. The lowest BCUT2D eigenvalue weighted by atomic mass is 9.77. The fourth-order valence-corrected chi connectivity index (χ4v) is 4.61. The predicted octanol–water partition coefficient (Wildman–Crippen LogP) is 2.95. The molecule has 0 spiro atoms. The minimum Gasteiger partial charge on any atom is -0.493 e. The van der Waals surface area contributed by atoms with Gasteiger partial charge in [-0.2, -0.15) is 0 Å². The Balaban J connectivity index is 1.49. The molecule has 0 saturated heterocycles. The minimum absolute atomic E-state index is 0.394. The third-order valence-electron chi connectivity index (χ3n) is 6.58. The summed E-state index contributed by atoms with van der Waals surface area (Å²) in [5, 5.41) is 0. The van der Waals surface area contributed by atoms with Crippen molar-refractivity contribution in [3.05, 3.63) is 47.0 Å². The van der Waals surface area contributed by atoms with Gasteiger partial charge in [-0.05, 0) is 73.8 Å². The minimum atomic E-state index is -0.484. The van der Waals surface area contributed by atoms with Crippen molar-refractivity contribution in [2.75, 3.05) is 61.7 Å². The Morgan fingerprint density at radius 2 is 1.57 bits per heavy atom. The van der Waals surface area contributed by atoms with Gasteiger partial charge >= 0.3 is 0 Å². The summed E-state index contributed by atoms with van der Waals surface area (Å²) in [7, 11) is 8.59. The number of hydrogen-bond acceptors (Lipinski definition) is 7. The van der Waals surface area contributed by atoms with Crippen LogP contribution in [0.5, 0.6) is 23.0 Å². The third-order valence-corrected chi connectivity index (χ3v) is 6.58. The average molecular weight is 485 g/mol. The number of methoxy groups -OCH3 is 4. The molecule has 0 aromatic heterocycles.